The minimum atomic E-state index is -3.73. The lowest BCUT2D eigenvalue weighted by molar-refractivity contribution is -0.0281. The number of hydrazine groups is 1. The Morgan fingerprint density at radius 2 is 1.95 bits per heavy atom. The summed E-state index contributed by atoms with van der Waals surface area (Å²) >= 11 is 0. The van der Waals surface area contributed by atoms with Gasteiger partial charge in [-0.1, -0.05) is 13.0 Å². The van der Waals surface area contributed by atoms with Gasteiger partial charge in [-0.25, -0.2) is 10.2 Å². The van der Waals surface area contributed by atoms with E-state index in [0.29, 0.717) is 29.1 Å². The molecule has 0 unspecified atom stereocenters. The maximum atomic E-state index is 14.4. The van der Waals surface area contributed by atoms with Crippen molar-refractivity contribution in [1.82, 2.24) is 14.7 Å². The van der Waals surface area contributed by atoms with E-state index < -0.39 is 24.1 Å². The molecule has 12 heteroatoms. The third kappa shape index (κ3) is 6.57. The summed E-state index contributed by atoms with van der Waals surface area (Å²) in [7, 11) is 4.98. The van der Waals surface area contributed by atoms with Crippen molar-refractivity contribution in [2.24, 2.45) is 18.6 Å². The van der Waals surface area contributed by atoms with Crippen molar-refractivity contribution < 1.29 is 22.7 Å². The van der Waals surface area contributed by atoms with Crippen LogP contribution in [0.5, 0.6) is 5.75 Å². The topological polar surface area (TPSA) is 115 Å². The number of rotatable bonds is 11. The number of halogens is 3. The van der Waals surface area contributed by atoms with Gasteiger partial charge in [0.2, 0.25) is 0 Å². The smallest absolute Gasteiger partial charge is 0.301 e. The predicted octanol–water partition coefficient (Wildman–Crippen LogP) is 4.45. The molecule has 9 nitrogen and oxygen atoms in total. The Balaban J connectivity index is 1.98. The zero-order chi connectivity index (χ0) is 29.8. The minimum absolute atomic E-state index is 0.000510. The molecule has 40 heavy (non-hydrogen) atoms. The number of anilines is 2. The van der Waals surface area contributed by atoms with Crippen LogP contribution in [-0.4, -0.2) is 48.0 Å². The first-order valence-electron chi connectivity index (χ1n) is 12.6. The number of nitrogens with one attached hydrogen (secondary N) is 1. The molecule has 1 aromatic heterocycles. The summed E-state index contributed by atoms with van der Waals surface area (Å²) in [6, 6.07) is 7.09. The number of nitrogens with two attached hydrogens (primary N) is 2. The number of hydrogen-bond donors (Lipinski definition) is 3. The Morgan fingerprint density at radius 1 is 1.25 bits per heavy atom. The molecule has 1 heterocycles. The van der Waals surface area contributed by atoms with Crippen LogP contribution in [0.1, 0.15) is 45.2 Å². The summed E-state index contributed by atoms with van der Waals surface area (Å²) in [5.41, 5.74) is 9.48. The van der Waals surface area contributed by atoms with E-state index in [1.54, 1.807) is 43.2 Å². The highest BCUT2D eigenvalue weighted by molar-refractivity contribution is 6.06. The number of carbonyl (C=O) groups excluding carboxylic acids is 1. The number of hydrogen-bond acceptors (Lipinski definition) is 7. The standard InChI is InChI=1S/C28H36F3N7O2/c1-7-36(4)14-20-10-21(28(30,31)16-29)12-24(26(20)40-6)35-27(39)19-9-8-17(2)25(11-19)38(33)15-23(32)22-13-34-37(5)18(22)3/h8-13,15H,7,14,16,32-33H2,1-6H3,(H,35,39)/b23-15-. The van der Waals surface area contributed by atoms with Crippen molar-refractivity contribution in [3.05, 3.63) is 76.2 Å². The van der Waals surface area contributed by atoms with E-state index in [0.717, 1.165) is 17.3 Å². The molecule has 0 spiro atoms. The molecule has 0 aliphatic carbocycles. The third-order valence-corrected chi connectivity index (χ3v) is 6.76. The van der Waals surface area contributed by atoms with Crippen LogP contribution in [0.25, 0.3) is 5.70 Å². The van der Waals surface area contributed by atoms with Crippen LogP contribution in [0.3, 0.4) is 0 Å². The summed E-state index contributed by atoms with van der Waals surface area (Å²) < 4.78 is 49.2. The number of aryl methyl sites for hydroxylation is 2. The van der Waals surface area contributed by atoms with Crippen LogP contribution < -0.4 is 26.6 Å². The van der Waals surface area contributed by atoms with Crippen LogP contribution in [-0.2, 0) is 19.5 Å². The Labute approximate surface area is 232 Å². The average molecular weight is 560 g/mol. The maximum Gasteiger partial charge on any atom is 0.301 e. The van der Waals surface area contributed by atoms with Crippen molar-refractivity contribution in [3.8, 4) is 5.75 Å². The van der Waals surface area contributed by atoms with Crippen LogP contribution in [0.2, 0.25) is 0 Å². The SMILES string of the molecule is CCN(C)Cc1cc(C(F)(F)CF)cc(NC(=O)c2ccc(C)c(N(N)/C=C(\N)c3cnn(C)c3C)c2)c1OC. The molecule has 3 aromatic rings. The number of amides is 1. The second kappa shape index (κ2) is 12.4. The fraction of sp³-hybridized carbons (Fsp3) is 0.357. The Bertz CT molecular complexity index is 1400. The van der Waals surface area contributed by atoms with Crippen LogP contribution in [0.4, 0.5) is 24.5 Å². The minimum Gasteiger partial charge on any atom is -0.494 e. The molecule has 0 bridgehead atoms. The third-order valence-electron chi connectivity index (χ3n) is 6.76. The van der Waals surface area contributed by atoms with E-state index in [-0.39, 0.29) is 23.5 Å². The number of aromatic nitrogens is 2. The summed E-state index contributed by atoms with van der Waals surface area (Å²) in [6.07, 6.45) is 3.16. The first kappa shape index (κ1) is 30.5. The lowest BCUT2D eigenvalue weighted by atomic mass is 10.0. The molecule has 0 fully saturated rings. The van der Waals surface area contributed by atoms with Crippen molar-refractivity contribution >= 4 is 23.0 Å². The summed E-state index contributed by atoms with van der Waals surface area (Å²) in [5, 5.41) is 8.14. The second-order valence-electron chi connectivity index (χ2n) is 9.60. The predicted molar refractivity (Wildman–Crippen MR) is 151 cm³/mol. The molecule has 5 N–H and O–H groups in total. The first-order chi connectivity index (χ1) is 18.8. The van der Waals surface area contributed by atoms with Crippen molar-refractivity contribution in [2.75, 3.05) is 37.7 Å². The molecular formula is C28H36F3N7O2. The normalized spacial score (nSPS) is 12.1. The molecule has 0 aliphatic rings. The highest BCUT2D eigenvalue weighted by Crippen LogP contribution is 2.38. The number of nitrogens with zero attached hydrogens (tertiary/aromatic N) is 4. The molecule has 0 saturated carbocycles. The zero-order valence-electron chi connectivity index (χ0n) is 23.6. The van der Waals surface area contributed by atoms with Crippen molar-refractivity contribution in [1.29, 1.82) is 0 Å². The highest BCUT2D eigenvalue weighted by Gasteiger charge is 2.34. The molecule has 216 valence electrons. The van der Waals surface area contributed by atoms with Crippen molar-refractivity contribution in [2.45, 2.75) is 33.2 Å². The molecule has 1 amide bonds. The van der Waals surface area contributed by atoms with Crippen LogP contribution in [0, 0.1) is 13.8 Å². The second-order valence-corrected chi connectivity index (χ2v) is 9.60. The monoisotopic (exact) mass is 559 g/mol. The molecule has 2 aromatic carbocycles. The average Bonchev–Trinajstić information content (AvgIpc) is 3.26. The summed E-state index contributed by atoms with van der Waals surface area (Å²) in [6.45, 7) is 4.61. The Kier molecular flexibility index (Phi) is 9.48. The quantitative estimate of drug-likeness (QED) is 0.235. The Hall–Kier alpha value is -4.03. The van der Waals surface area contributed by atoms with Crippen molar-refractivity contribution in [3.63, 3.8) is 0 Å². The largest absolute Gasteiger partial charge is 0.494 e. The number of ether oxygens (including phenoxy) is 1. The van der Waals surface area contributed by atoms with Gasteiger partial charge in [-0.15, -0.1) is 0 Å². The van der Waals surface area contributed by atoms with Gasteiger partial charge in [0.25, 0.3) is 5.91 Å². The molecular weight excluding hydrogens is 523 g/mol. The van der Waals surface area contributed by atoms with E-state index in [9.17, 15) is 18.0 Å². The molecule has 0 aliphatic heterocycles. The summed E-state index contributed by atoms with van der Waals surface area (Å²) in [4.78, 5) is 15.2. The van der Waals surface area contributed by atoms with Gasteiger partial charge >= 0.3 is 5.92 Å². The number of methoxy groups -OCH3 is 1. The van der Waals surface area contributed by atoms with Gasteiger partial charge in [-0.3, -0.25) is 14.5 Å². The van der Waals surface area contributed by atoms with Gasteiger partial charge in [-0.05, 0) is 57.3 Å². The van der Waals surface area contributed by atoms with Gasteiger partial charge in [0.15, 0.2) is 6.67 Å². The van der Waals surface area contributed by atoms with Gasteiger partial charge in [0, 0.05) is 47.7 Å². The summed E-state index contributed by atoms with van der Waals surface area (Å²) in [5.74, 6) is 2.18. The van der Waals surface area contributed by atoms with Crippen LogP contribution >= 0.6 is 0 Å². The lowest BCUT2D eigenvalue weighted by Gasteiger charge is -2.23. The van der Waals surface area contributed by atoms with Gasteiger partial charge in [0.1, 0.15) is 5.75 Å². The Morgan fingerprint density at radius 3 is 2.52 bits per heavy atom. The number of alkyl halides is 3. The fourth-order valence-electron chi connectivity index (χ4n) is 4.13. The van der Waals surface area contributed by atoms with E-state index in [1.165, 1.54) is 24.4 Å². The molecule has 0 saturated heterocycles. The molecule has 0 atom stereocenters. The molecule has 3 rings (SSSR count). The number of benzene rings is 2. The lowest BCUT2D eigenvalue weighted by Crippen LogP contribution is -2.27. The fourth-order valence-corrected chi connectivity index (χ4v) is 4.13. The molecule has 0 radical (unpaired) electrons. The number of carbonyl (C=O) groups is 1. The van der Waals surface area contributed by atoms with E-state index in [4.69, 9.17) is 16.3 Å². The van der Waals surface area contributed by atoms with Gasteiger partial charge < -0.3 is 20.7 Å². The first-order valence-corrected chi connectivity index (χ1v) is 12.6. The van der Waals surface area contributed by atoms with E-state index in [1.807, 2.05) is 25.7 Å². The van der Waals surface area contributed by atoms with E-state index >= 15 is 0 Å². The zero-order valence-corrected chi connectivity index (χ0v) is 23.6. The van der Waals surface area contributed by atoms with Gasteiger partial charge in [0.05, 0.1) is 30.4 Å². The highest BCUT2D eigenvalue weighted by atomic mass is 19.3. The van der Waals surface area contributed by atoms with Gasteiger partial charge in [-0.2, -0.15) is 13.9 Å². The maximum absolute atomic E-state index is 14.4. The van der Waals surface area contributed by atoms with E-state index in [2.05, 4.69) is 10.4 Å². The van der Waals surface area contributed by atoms with Crippen LogP contribution in [0.15, 0.2) is 42.7 Å².